The number of hydrogen-bond acceptors (Lipinski definition) is 5. The van der Waals surface area contributed by atoms with E-state index in [2.05, 4.69) is 42.5 Å². The summed E-state index contributed by atoms with van der Waals surface area (Å²) in [7, 11) is 4.17. The summed E-state index contributed by atoms with van der Waals surface area (Å²) in [6.07, 6.45) is 2.98. The number of nitrogens with zero attached hydrogens (tertiary/aromatic N) is 2. The van der Waals surface area contributed by atoms with Crippen molar-refractivity contribution in [2.24, 2.45) is 16.7 Å². The largest absolute Gasteiger partial charge is 0.481 e. The van der Waals surface area contributed by atoms with Crippen LogP contribution in [0.1, 0.15) is 48.9 Å². The second kappa shape index (κ2) is 10.3. The number of aliphatic carboxylic acids is 1. The van der Waals surface area contributed by atoms with E-state index in [4.69, 9.17) is 4.98 Å². The van der Waals surface area contributed by atoms with Crippen molar-refractivity contribution in [1.29, 1.82) is 0 Å². The maximum Gasteiger partial charge on any atom is 0.308 e. The molecular formula is C29H37N3O3S. The Hall–Kier alpha value is -2.77. The van der Waals surface area contributed by atoms with E-state index in [9.17, 15) is 14.7 Å². The van der Waals surface area contributed by atoms with Gasteiger partial charge in [-0.1, -0.05) is 51.1 Å². The first-order chi connectivity index (χ1) is 17.0. The van der Waals surface area contributed by atoms with Gasteiger partial charge in [0.25, 0.3) is 0 Å². The number of thiazole rings is 1. The lowest BCUT2D eigenvalue weighted by atomic mass is 9.61. The molecule has 0 spiro atoms. The highest BCUT2D eigenvalue weighted by Crippen LogP contribution is 2.49. The van der Waals surface area contributed by atoms with E-state index >= 15 is 0 Å². The van der Waals surface area contributed by atoms with Crippen LogP contribution in [0.4, 0.5) is 0 Å². The summed E-state index contributed by atoms with van der Waals surface area (Å²) < 4.78 is 1.11. The summed E-state index contributed by atoms with van der Waals surface area (Å²) in [5.74, 6) is -1.95. The molecule has 1 unspecified atom stereocenters. The minimum Gasteiger partial charge on any atom is -0.481 e. The van der Waals surface area contributed by atoms with Crippen molar-refractivity contribution in [1.82, 2.24) is 15.2 Å². The number of fused-ring (bicyclic) bond motifs is 2. The zero-order valence-electron chi connectivity index (χ0n) is 21.9. The van der Waals surface area contributed by atoms with Crippen LogP contribution in [0, 0.1) is 16.7 Å². The van der Waals surface area contributed by atoms with Crippen LogP contribution in [0.15, 0.2) is 42.5 Å². The van der Waals surface area contributed by atoms with Crippen LogP contribution in [0.5, 0.6) is 0 Å². The van der Waals surface area contributed by atoms with Crippen LogP contribution in [0.25, 0.3) is 10.2 Å². The normalized spacial score (nSPS) is 15.7. The Morgan fingerprint density at radius 3 is 2.39 bits per heavy atom. The van der Waals surface area contributed by atoms with Gasteiger partial charge in [-0.25, -0.2) is 4.98 Å². The van der Waals surface area contributed by atoms with Crippen LogP contribution in [-0.4, -0.2) is 47.5 Å². The molecular weight excluding hydrogens is 470 g/mol. The number of aromatic nitrogens is 1. The summed E-state index contributed by atoms with van der Waals surface area (Å²) >= 11 is 1.59. The van der Waals surface area contributed by atoms with Crippen molar-refractivity contribution in [3.05, 3.63) is 64.2 Å². The van der Waals surface area contributed by atoms with Gasteiger partial charge in [-0.2, -0.15) is 0 Å². The Kier molecular flexibility index (Phi) is 7.53. The molecule has 1 aliphatic carbocycles. The number of carbonyl (C=O) groups is 2. The first-order valence-corrected chi connectivity index (χ1v) is 13.4. The van der Waals surface area contributed by atoms with Gasteiger partial charge in [0, 0.05) is 0 Å². The molecule has 2 N–H and O–H groups in total. The topological polar surface area (TPSA) is 82.5 Å². The molecule has 3 aromatic rings. The van der Waals surface area contributed by atoms with Gasteiger partial charge in [-0.3, -0.25) is 9.59 Å². The molecule has 2 aromatic carbocycles. The van der Waals surface area contributed by atoms with Crippen molar-refractivity contribution in [2.75, 3.05) is 20.6 Å². The predicted octanol–water partition coefficient (Wildman–Crippen LogP) is 4.94. The van der Waals surface area contributed by atoms with Crippen LogP contribution in [0.2, 0.25) is 0 Å². The third-order valence-corrected chi connectivity index (χ3v) is 8.23. The zero-order valence-corrected chi connectivity index (χ0v) is 22.7. The van der Waals surface area contributed by atoms with Crippen molar-refractivity contribution < 1.29 is 14.7 Å². The molecule has 36 heavy (non-hydrogen) atoms. The fraction of sp³-hybridized carbons (Fsp3) is 0.483. The molecule has 7 heteroatoms. The van der Waals surface area contributed by atoms with Crippen LogP contribution in [-0.2, 0) is 35.4 Å². The fourth-order valence-corrected chi connectivity index (χ4v) is 6.73. The summed E-state index contributed by atoms with van der Waals surface area (Å²) in [4.78, 5) is 33.3. The molecule has 1 aliphatic rings. The minimum atomic E-state index is -1.04. The van der Waals surface area contributed by atoms with E-state index < -0.39 is 22.7 Å². The van der Waals surface area contributed by atoms with Gasteiger partial charge in [0.15, 0.2) is 0 Å². The van der Waals surface area contributed by atoms with Crippen molar-refractivity contribution >= 4 is 33.4 Å². The Balaban J connectivity index is 1.54. The monoisotopic (exact) mass is 507 g/mol. The van der Waals surface area contributed by atoms with Crippen LogP contribution in [0.3, 0.4) is 0 Å². The molecule has 1 amide bonds. The minimum absolute atomic E-state index is 0.204. The van der Waals surface area contributed by atoms with E-state index in [0.717, 1.165) is 45.7 Å². The van der Waals surface area contributed by atoms with Crippen molar-refractivity contribution in [2.45, 2.75) is 53.0 Å². The SMILES string of the molecule is CN(C)CCCc1ccc2nc(CNC(=O)C3(C(C(=O)O)C(C)(C)C)Cc4ccccc4C3)sc2c1. The van der Waals surface area contributed by atoms with E-state index in [1.54, 1.807) is 11.3 Å². The maximum atomic E-state index is 13.8. The zero-order chi connectivity index (χ0) is 26.1. The quantitative estimate of drug-likeness (QED) is 0.429. The highest BCUT2D eigenvalue weighted by Gasteiger charge is 2.56. The van der Waals surface area contributed by atoms with Crippen molar-refractivity contribution in [3.63, 3.8) is 0 Å². The molecule has 0 radical (unpaired) electrons. The Bertz CT molecular complexity index is 1230. The number of rotatable bonds is 9. The third kappa shape index (κ3) is 5.47. The fourth-order valence-electron chi connectivity index (χ4n) is 5.76. The number of nitrogens with one attached hydrogen (secondary N) is 1. The number of carbonyl (C=O) groups excluding carboxylic acids is 1. The molecule has 0 aliphatic heterocycles. The van der Waals surface area contributed by atoms with E-state index in [-0.39, 0.29) is 5.91 Å². The smallest absolute Gasteiger partial charge is 0.308 e. The lowest BCUT2D eigenvalue weighted by Gasteiger charge is -2.41. The molecule has 0 fully saturated rings. The Labute approximate surface area is 217 Å². The highest BCUT2D eigenvalue weighted by atomic mass is 32.1. The molecule has 0 saturated carbocycles. The molecule has 192 valence electrons. The summed E-state index contributed by atoms with van der Waals surface area (Å²) in [6.45, 7) is 7.08. The average molecular weight is 508 g/mol. The average Bonchev–Trinajstić information content (AvgIpc) is 3.37. The molecule has 6 nitrogen and oxygen atoms in total. The molecule has 1 atom stereocenters. The number of carboxylic acids is 1. The van der Waals surface area contributed by atoms with Gasteiger partial charge < -0.3 is 15.3 Å². The summed E-state index contributed by atoms with van der Waals surface area (Å²) in [5, 5.41) is 14.2. The van der Waals surface area contributed by atoms with Gasteiger partial charge in [0.1, 0.15) is 5.01 Å². The van der Waals surface area contributed by atoms with Crippen LogP contribution >= 0.6 is 11.3 Å². The lowest BCUT2D eigenvalue weighted by molar-refractivity contribution is -0.159. The number of amides is 1. The maximum absolute atomic E-state index is 13.8. The molecule has 0 bridgehead atoms. The van der Waals surface area contributed by atoms with Gasteiger partial charge in [0.2, 0.25) is 5.91 Å². The molecule has 1 heterocycles. The number of benzene rings is 2. The Morgan fingerprint density at radius 2 is 1.81 bits per heavy atom. The van der Waals surface area contributed by atoms with Crippen LogP contribution < -0.4 is 5.32 Å². The van der Waals surface area contributed by atoms with E-state index in [0.29, 0.717) is 19.4 Å². The number of hydrogen-bond donors (Lipinski definition) is 2. The highest BCUT2D eigenvalue weighted by molar-refractivity contribution is 7.18. The van der Waals surface area contributed by atoms with Gasteiger partial charge >= 0.3 is 5.97 Å². The second-order valence-corrected chi connectivity index (χ2v) is 12.5. The van der Waals surface area contributed by atoms with Crippen molar-refractivity contribution in [3.8, 4) is 0 Å². The van der Waals surface area contributed by atoms with E-state index in [1.165, 1.54) is 5.56 Å². The summed E-state index contributed by atoms with van der Waals surface area (Å²) in [5.41, 5.74) is 2.73. The third-order valence-electron chi connectivity index (χ3n) is 7.22. The van der Waals surface area contributed by atoms with Gasteiger partial charge in [-0.15, -0.1) is 11.3 Å². The molecule has 4 rings (SSSR count). The number of aryl methyl sites for hydroxylation is 1. The first-order valence-electron chi connectivity index (χ1n) is 12.6. The molecule has 0 saturated heterocycles. The number of carboxylic acid groups (broad SMARTS) is 1. The first kappa shape index (κ1) is 26.3. The lowest BCUT2D eigenvalue weighted by Crippen LogP contribution is -2.53. The predicted molar refractivity (Wildman–Crippen MR) is 145 cm³/mol. The standard InChI is InChI=1S/C29H37N3O3S/c1-28(2,3)25(26(33)34)29(16-20-10-6-7-11-21(20)17-29)27(35)30-18-24-31-22-13-12-19(15-23(22)36-24)9-8-14-32(4)5/h6-7,10-13,15,25H,8-9,14,16-18H2,1-5H3,(H,30,35)(H,33,34). The summed E-state index contributed by atoms with van der Waals surface area (Å²) in [6, 6.07) is 14.3. The second-order valence-electron chi connectivity index (χ2n) is 11.4. The van der Waals surface area contributed by atoms with Gasteiger partial charge in [0.05, 0.1) is 28.1 Å². The van der Waals surface area contributed by atoms with Gasteiger partial charge in [-0.05, 0) is 80.6 Å². The molecule has 1 aromatic heterocycles. The Morgan fingerprint density at radius 1 is 1.14 bits per heavy atom. The van der Waals surface area contributed by atoms with E-state index in [1.807, 2.05) is 45.0 Å².